The number of carbonyl (C=O) groups is 1. The normalized spacial score (nSPS) is 27.9. The van der Waals surface area contributed by atoms with E-state index in [1.165, 1.54) is 18.4 Å². The van der Waals surface area contributed by atoms with Gasteiger partial charge in [0.05, 0.1) is 25.8 Å². The lowest BCUT2D eigenvalue weighted by Gasteiger charge is -2.36. The number of nitrogens with zero attached hydrogens (tertiary/aromatic N) is 1. The molecule has 4 rings (SSSR count). The number of piperidine rings is 1. The van der Waals surface area contributed by atoms with Crippen LogP contribution in [0.1, 0.15) is 31.2 Å². The highest BCUT2D eigenvalue weighted by molar-refractivity contribution is 6.30. The van der Waals surface area contributed by atoms with Crippen molar-refractivity contribution in [3.63, 3.8) is 0 Å². The van der Waals surface area contributed by atoms with Gasteiger partial charge in [-0.25, -0.2) is 0 Å². The Morgan fingerprint density at radius 2 is 2.19 bits per heavy atom. The van der Waals surface area contributed by atoms with Crippen molar-refractivity contribution in [3.8, 4) is 0 Å². The summed E-state index contributed by atoms with van der Waals surface area (Å²) in [5.41, 5.74) is 1.22. The van der Waals surface area contributed by atoms with Crippen LogP contribution < -0.4 is 10.6 Å². The van der Waals surface area contributed by atoms with Crippen molar-refractivity contribution in [2.24, 2.45) is 0 Å². The molecule has 6 nitrogen and oxygen atoms in total. The van der Waals surface area contributed by atoms with Gasteiger partial charge >= 0.3 is 0 Å². The molecular weight excluding hydrogens is 366 g/mol. The van der Waals surface area contributed by atoms with E-state index in [4.69, 9.17) is 21.1 Å². The molecule has 3 saturated heterocycles. The number of likely N-dealkylation sites (tertiary alicyclic amines) is 1. The number of carbonyl (C=O) groups excluding carboxylic acids is 1. The Kier molecular flexibility index (Phi) is 5.99. The molecule has 1 amide bonds. The molecule has 3 heterocycles. The Labute approximate surface area is 165 Å². The fourth-order valence-corrected chi connectivity index (χ4v) is 4.56. The molecule has 0 aromatic heterocycles. The van der Waals surface area contributed by atoms with Crippen molar-refractivity contribution in [3.05, 3.63) is 34.9 Å². The fourth-order valence-electron chi connectivity index (χ4n) is 4.35. The van der Waals surface area contributed by atoms with Crippen LogP contribution in [0.5, 0.6) is 0 Å². The third kappa shape index (κ3) is 4.63. The molecule has 0 saturated carbocycles. The van der Waals surface area contributed by atoms with Crippen LogP contribution in [0.2, 0.25) is 5.02 Å². The van der Waals surface area contributed by atoms with Gasteiger partial charge in [0.2, 0.25) is 5.91 Å². The number of hydrogen-bond acceptors (Lipinski definition) is 5. The van der Waals surface area contributed by atoms with Gasteiger partial charge in [0.15, 0.2) is 5.79 Å². The summed E-state index contributed by atoms with van der Waals surface area (Å²) in [5, 5.41) is 7.16. The molecule has 3 fully saturated rings. The Morgan fingerprint density at radius 1 is 1.33 bits per heavy atom. The lowest BCUT2D eigenvalue weighted by atomic mass is 10.0. The van der Waals surface area contributed by atoms with Crippen LogP contribution in [0.4, 0.5) is 0 Å². The second kappa shape index (κ2) is 8.45. The predicted molar refractivity (Wildman–Crippen MR) is 104 cm³/mol. The van der Waals surface area contributed by atoms with Crippen molar-refractivity contribution in [1.29, 1.82) is 0 Å². The van der Waals surface area contributed by atoms with Crippen molar-refractivity contribution in [2.75, 3.05) is 32.8 Å². The van der Waals surface area contributed by atoms with Gasteiger partial charge in [0.1, 0.15) is 0 Å². The number of halogens is 1. The SMILES string of the molecule is O=C(NCC1CCCCN1Cc1cccc(Cl)c1)[C@@H]1CC2(CN1)OCCO2. The maximum atomic E-state index is 12.6. The van der Waals surface area contributed by atoms with E-state index >= 15 is 0 Å². The molecule has 3 aliphatic rings. The van der Waals surface area contributed by atoms with Crippen LogP contribution in [0.3, 0.4) is 0 Å². The Bertz CT molecular complexity index is 666. The second-order valence-electron chi connectivity index (χ2n) is 7.74. The van der Waals surface area contributed by atoms with Gasteiger partial charge in [-0.3, -0.25) is 9.69 Å². The topological polar surface area (TPSA) is 62.8 Å². The van der Waals surface area contributed by atoms with Crippen LogP contribution in [0.25, 0.3) is 0 Å². The van der Waals surface area contributed by atoms with Gasteiger partial charge in [-0.2, -0.15) is 0 Å². The quantitative estimate of drug-likeness (QED) is 0.800. The van der Waals surface area contributed by atoms with E-state index < -0.39 is 5.79 Å². The largest absolute Gasteiger partial charge is 0.353 e. The maximum Gasteiger partial charge on any atom is 0.237 e. The minimum Gasteiger partial charge on any atom is -0.353 e. The average Bonchev–Trinajstić information content (AvgIpc) is 3.31. The monoisotopic (exact) mass is 393 g/mol. The first kappa shape index (κ1) is 19.2. The summed E-state index contributed by atoms with van der Waals surface area (Å²) in [6, 6.07) is 8.14. The van der Waals surface area contributed by atoms with Crippen LogP contribution >= 0.6 is 11.6 Å². The average molecular weight is 394 g/mol. The Balaban J connectivity index is 1.30. The first-order valence-electron chi connectivity index (χ1n) is 9.91. The van der Waals surface area contributed by atoms with Crippen LogP contribution in [0, 0.1) is 0 Å². The number of ether oxygens (including phenoxy) is 2. The van der Waals surface area contributed by atoms with Gasteiger partial charge in [0, 0.05) is 30.6 Å². The molecule has 0 aliphatic carbocycles. The summed E-state index contributed by atoms with van der Waals surface area (Å²) in [6.07, 6.45) is 4.09. The lowest BCUT2D eigenvalue weighted by molar-refractivity contribution is -0.144. The van der Waals surface area contributed by atoms with E-state index in [0.29, 0.717) is 38.8 Å². The van der Waals surface area contributed by atoms with E-state index in [2.05, 4.69) is 21.6 Å². The van der Waals surface area contributed by atoms with E-state index in [1.807, 2.05) is 18.2 Å². The molecule has 148 valence electrons. The molecule has 2 N–H and O–H groups in total. The van der Waals surface area contributed by atoms with Crippen LogP contribution in [-0.2, 0) is 20.8 Å². The highest BCUT2D eigenvalue weighted by Gasteiger charge is 2.46. The first-order valence-corrected chi connectivity index (χ1v) is 10.3. The van der Waals surface area contributed by atoms with Crippen molar-refractivity contribution >= 4 is 17.5 Å². The number of amides is 1. The zero-order valence-electron chi connectivity index (χ0n) is 15.6. The van der Waals surface area contributed by atoms with Crippen LogP contribution in [0.15, 0.2) is 24.3 Å². The standard InChI is InChI=1S/C20H28ClN3O3/c21-16-5-3-4-15(10-16)13-24-7-2-1-6-17(24)12-22-19(25)18-11-20(14-23-18)26-8-9-27-20/h3-5,10,17-18,23H,1-2,6-9,11-14H2,(H,22,25)/t17?,18-/m0/s1. The number of rotatable bonds is 5. The van der Waals surface area contributed by atoms with Crippen molar-refractivity contribution < 1.29 is 14.3 Å². The van der Waals surface area contributed by atoms with E-state index in [9.17, 15) is 4.79 Å². The summed E-state index contributed by atoms with van der Waals surface area (Å²) in [6.45, 7) is 4.39. The zero-order chi connectivity index (χ0) is 18.7. The van der Waals surface area contributed by atoms with Gasteiger partial charge in [0.25, 0.3) is 0 Å². The minimum absolute atomic E-state index is 0.0410. The highest BCUT2D eigenvalue weighted by Crippen LogP contribution is 2.29. The molecule has 0 radical (unpaired) electrons. The molecule has 1 aromatic rings. The third-order valence-corrected chi connectivity index (χ3v) is 6.03. The summed E-state index contributed by atoms with van der Waals surface area (Å²) < 4.78 is 11.4. The minimum atomic E-state index is -0.592. The summed E-state index contributed by atoms with van der Waals surface area (Å²) >= 11 is 6.12. The molecule has 7 heteroatoms. The summed E-state index contributed by atoms with van der Waals surface area (Å²) in [7, 11) is 0. The molecule has 1 aromatic carbocycles. The molecule has 0 bridgehead atoms. The smallest absolute Gasteiger partial charge is 0.237 e. The molecule has 3 aliphatic heterocycles. The van der Waals surface area contributed by atoms with Crippen molar-refractivity contribution in [1.82, 2.24) is 15.5 Å². The van der Waals surface area contributed by atoms with E-state index in [0.717, 1.165) is 24.5 Å². The first-order chi connectivity index (χ1) is 13.1. The molecule has 2 atom stereocenters. The predicted octanol–water partition coefficient (Wildman–Crippen LogP) is 1.92. The molecule has 1 spiro atoms. The number of benzene rings is 1. The van der Waals surface area contributed by atoms with Gasteiger partial charge in [-0.15, -0.1) is 0 Å². The molecule has 27 heavy (non-hydrogen) atoms. The zero-order valence-corrected chi connectivity index (χ0v) is 16.3. The number of nitrogens with one attached hydrogen (secondary N) is 2. The van der Waals surface area contributed by atoms with Gasteiger partial charge in [-0.05, 0) is 37.1 Å². The Hall–Kier alpha value is -1.18. The Morgan fingerprint density at radius 3 is 3.00 bits per heavy atom. The fraction of sp³-hybridized carbons (Fsp3) is 0.650. The summed E-state index contributed by atoms with van der Waals surface area (Å²) in [5.74, 6) is -0.551. The molecule has 1 unspecified atom stereocenters. The van der Waals surface area contributed by atoms with Gasteiger partial charge < -0.3 is 20.1 Å². The van der Waals surface area contributed by atoms with E-state index in [-0.39, 0.29) is 11.9 Å². The maximum absolute atomic E-state index is 12.6. The third-order valence-electron chi connectivity index (χ3n) is 5.80. The molecular formula is C20H28ClN3O3. The van der Waals surface area contributed by atoms with Crippen molar-refractivity contribution in [2.45, 2.75) is 50.1 Å². The van der Waals surface area contributed by atoms with Gasteiger partial charge in [-0.1, -0.05) is 30.2 Å². The van der Waals surface area contributed by atoms with Crippen LogP contribution in [-0.4, -0.2) is 61.5 Å². The number of hydrogen-bond donors (Lipinski definition) is 2. The second-order valence-corrected chi connectivity index (χ2v) is 8.18. The lowest BCUT2D eigenvalue weighted by Crippen LogP contribution is -2.49. The van der Waals surface area contributed by atoms with E-state index in [1.54, 1.807) is 0 Å². The highest BCUT2D eigenvalue weighted by atomic mass is 35.5. The summed E-state index contributed by atoms with van der Waals surface area (Å²) in [4.78, 5) is 15.1.